The number of hydrogen-bond acceptors (Lipinski definition) is 12. The first-order valence-electron chi connectivity index (χ1n) is 19.9. The monoisotopic (exact) mass is 834 g/mol. The number of rotatable bonds is 11. The van der Waals surface area contributed by atoms with Crippen LogP contribution in [0.2, 0.25) is 5.02 Å². The maximum absolute atomic E-state index is 13.3. The Kier molecular flexibility index (Phi) is 14.2. The first-order chi connectivity index (χ1) is 27.2. The van der Waals surface area contributed by atoms with Gasteiger partial charge in [0.2, 0.25) is 22.2 Å². The molecule has 0 spiro atoms. The van der Waals surface area contributed by atoms with E-state index in [1.54, 1.807) is 6.07 Å². The van der Waals surface area contributed by atoms with Gasteiger partial charge < -0.3 is 20.0 Å². The summed E-state index contributed by atoms with van der Waals surface area (Å²) in [5.41, 5.74) is 2.14. The molecule has 0 bridgehead atoms. The lowest BCUT2D eigenvalue weighted by molar-refractivity contribution is -0.0222. The van der Waals surface area contributed by atoms with E-state index in [0.29, 0.717) is 18.4 Å². The predicted molar refractivity (Wildman–Crippen MR) is 219 cm³/mol. The number of halogens is 5. The summed E-state index contributed by atoms with van der Waals surface area (Å²) in [5, 5.41) is 6.22. The van der Waals surface area contributed by atoms with Gasteiger partial charge in [0.15, 0.2) is 11.6 Å². The van der Waals surface area contributed by atoms with Crippen molar-refractivity contribution in [2.24, 2.45) is 0 Å². The summed E-state index contributed by atoms with van der Waals surface area (Å²) >= 11 is 8.79. The highest BCUT2D eigenvalue weighted by Gasteiger charge is 2.35. The Bertz CT molecular complexity index is 1800. The zero-order valence-corrected chi connectivity index (χ0v) is 34.1. The van der Waals surface area contributed by atoms with Crippen molar-refractivity contribution in [3.63, 3.8) is 0 Å². The fourth-order valence-corrected chi connectivity index (χ4v) is 9.13. The molecule has 304 valence electrons. The van der Waals surface area contributed by atoms with Gasteiger partial charge in [0, 0.05) is 126 Å². The summed E-state index contributed by atoms with van der Waals surface area (Å²) in [7, 11) is 0. The molecule has 0 amide bonds. The molecule has 2 aromatic heterocycles. The van der Waals surface area contributed by atoms with Crippen LogP contribution in [-0.4, -0.2) is 119 Å². The van der Waals surface area contributed by atoms with Crippen LogP contribution < -0.4 is 20.0 Å². The molecule has 3 saturated heterocycles. The SMILES string of the molecule is Clc1ccc(CCN2CCN(c3nc(NC4CCCCC4)ns3)CC2)cc1.Fc1ccc(CCN2CCN(c3nc(N4CCC(F)(F)CC4)ns3)CC2)cc1F. The second-order valence-corrected chi connectivity index (χ2v) is 17.0. The summed E-state index contributed by atoms with van der Waals surface area (Å²) < 4.78 is 61.9. The summed E-state index contributed by atoms with van der Waals surface area (Å²) in [5.74, 6) is -2.84. The van der Waals surface area contributed by atoms with Gasteiger partial charge in [-0.3, -0.25) is 9.80 Å². The lowest BCUT2D eigenvalue weighted by atomic mass is 9.96. The molecule has 5 heterocycles. The minimum Gasteiger partial charge on any atom is -0.351 e. The Morgan fingerprint density at radius 2 is 1.23 bits per heavy atom. The van der Waals surface area contributed by atoms with E-state index in [2.05, 4.69) is 50.8 Å². The van der Waals surface area contributed by atoms with Crippen molar-refractivity contribution in [2.75, 3.05) is 98.6 Å². The smallest absolute Gasteiger partial charge is 0.251 e. The quantitative estimate of drug-likeness (QED) is 0.152. The molecule has 2 aromatic carbocycles. The standard InChI is InChI=1S/C20H28ClN5S.C19H23F4N5S/c21-17-8-6-16(7-9-17)10-11-25-12-14-26(15-13-25)20-23-19(24-27-20)22-18-4-2-1-3-5-18;20-15-2-1-14(13-16(15)21)3-6-26-9-11-28(12-10-26)18-24-17(25-29-18)27-7-4-19(22,23)5-8-27/h6-9,18H,1-5,10-15H2,(H,22,24);1-2,13H,3-12H2. The molecule has 0 unspecified atom stereocenters. The number of aromatic nitrogens is 4. The van der Waals surface area contributed by atoms with Crippen molar-refractivity contribution in [3.05, 3.63) is 70.2 Å². The van der Waals surface area contributed by atoms with E-state index in [4.69, 9.17) is 16.6 Å². The fraction of sp³-hybridized carbons (Fsp3) is 0.590. The molecule has 1 N–H and O–H groups in total. The van der Waals surface area contributed by atoms with Gasteiger partial charge in [-0.15, -0.1) is 0 Å². The Balaban J connectivity index is 0.000000172. The van der Waals surface area contributed by atoms with E-state index in [0.717, 1.165) is 98.7 Å². The number of nitrogens with one attached hydrogen (secondary N) is 1. The number of piperidine rings is 1. The molecule has 8 rings (SSSR count). The molecule has 17 heteroatoms. The van der Waals surface area contributed by atoms with E-state index >= 15 is 0 Å². The van der Waals surface area contributed by atoms with Crippen LogP contribution in [0.25, 0.3) is 0 Å². The largest absolute Gasteiger partial charge is 0.351 e. The van der Waals surface area contributed by atoms with E-state index in [-0.39, 0.29) is 25.9 Å². The predicted octanol–water partition coefficient (Wildman–Crippen LogP) is 7.72. The van der Waals surface area contributed by atoms with Crippen molar-refractivity contribution in [2.45, 2.75) is 69.8 Å². The van der Waals surface area contributed by atoms with E-state index in [9.17, 15) is 17.6 Å². The van der Waals surface area contributed by atoms with Gasteiger partial charge >= 0.3 is 0 Å². The second kappa shape index (κ2) is 19.4. The molecule has 4 aromatic rings. The topological polar surface area (TPSA) is 79.8 Å². The van der Waals surface area contributed by atoms with Crippen molar-refractivity contribution in [1.29, 1.82) is 0 Å². The van der Waals surface area contributed by atoms with E-state index in [1.165, 1.54) is 72.9 Å². The molecule has 10 nitrogen and oxygen atoms in total. The molecule has 0 radical (unpaired) electrons. The molecule has 56 heavy (non-hydrogen) atoms. The molecule has 1 saturated carbocycles. The summed E-state index contributed by atoms with van der Waals surface area (Å²) in [6, 6.07) is 12.8. The molecular formula is C39H51ClF4N10S2. The Labute approximate surface area is 340 Å². The van der Waals surface area contributed by atoms with E-state index in [1.807, 2.05) is 17.0 Å². The highest BCUT2D eigenvalue weighted by molar-refractivity contribution is 7.10. The lowest BCUT2D eigenvalue weighted by Crippen LogP contribution is -2.47. The Hall–Kier alpha value is -3.31. The summed E-state index contributed by atoms with van der Waals surface area (Å²) in [4.78, 5) is 20.5. The van der Waals surface area contributed by atoms with Gasteiger partial charge in [0.05, 0.1) is 0 Å². The first-order valence-corrected chi connectivity index (χ1v) is 21.8. The van der Waals surface area contributed by atoms with Crippen LogP contribution in [0.15, 0.2) is 42.5 Å². The van der Waals surface area contributed by atoms with Crippen LogP contribution in [0.4, 0.5) is 39.7 Å². The van der Waals surface area contributed by atoms with Gasteiger partial charge in [0.1, 0.15) is 0 Å². The number of benzene rings is 2. The van der Waals surface area contributed by atoms with Crippen molar-refractivity contribution < 1.29 is 17.6 Å². The fourth-order valence-electron chi connectivity index (χ4n) is 7.58. The van der Waals surface area contributed by atoms with Crippen LogP contribution in [0.1, 0.15) is 56.1 Å². The van der Waals surface area contributed by atoms with Crippen LogP contribution in [-0.2, 0) is 12.8 Å². The van der Waals surface area contributed by atoms with E-state index < -0.39 is 17.6 Å². The van der Waals surface area contributed by atoms with Crippen LogP contribution in [0, 0.1) is 11.6 Å². The first kappa shape index (κ1) is 40.9. The van der Waals surface area contributed by atoms with Crippen LogP contribution >= 0.6 is 34.7 Å². The average molecular weight is 835 g/mol. The zero-order valence-electron chi connectivity index (χ0n) is 31.7. The van der Waals surface area contributed by atoms with Crippen LogP contribution in [0.5, 0.6) is 0 Å². The molecule has 4 fully saturated rings. The summed E-state index contributed by atoms with van der Waals surface area (Å²) in [6.45, 7) is 9.93. The second-order valence-electron chi connectivity index (χ2n) is 15.1. The summed E-state index contributed by atoms with van der Waals surface area (Å²) in [6.07, 6.45) is 7.96. The number of alkyl halides is 2. The molecule has 3 aliphatic heterocycles. The minimum absolute atomic E-state index is 0.155. The van der Waals surface area contributed by atoms with Gasteiger partial charge in [-0.05, 0) is 61.1 Å². The number of anilines is 4. The highest BCUT2D eigenvalue weighted by atomic mass is 35.5. The maximum atomic E-state index is 13.3. The maximum Gasteiger partial charge on any atom is 0.251 e. The highest BCUT2D eigenvalue weighted by Crippen LogP contribution is 2.31. The van der Waals surface area contributed by atoms with Crippen LogP contribution in [0.3, 0.4) is 0 Å². The van der Waals surface area contributed by atoms with Crippen molar-refractivity contribution in [1.82, 2.24) is 28.5 Å². The number of hydrogen-bond donors (Lipinski definition) is 1. The molecule has 0 atom stereocenters. The van der Waals surface area contributed by atoms with Gasteiger partial charge in [-0.1, -0.05) is 49.1 Å². The normalized spacial score (nSPS) is 19.8. The molecular weight excluding hydrogens is 784 g/mol. The lowest BCUT2D eigenvalue weighted by Gasteiger charge is -2.34. The minimum atomic E-state index is -2.58. The third-order valence-corrected chi connectivity index (χ3v) is 12.9. The number of piperazine rings is 2. The Morgan fingerprint density at radius 1 is 0.661 bits per heavy atom. The number of nitrogens with zero attached hydrogens (tertiary/aromatic N) is 9. The van der Waals surface area contributed by atoms with Crippen molar-refractivity contribution >= 4 is 56.8 Å². The van der Waals surface area contributed by atoms with Gasteiger partial charge in [0.25, 0.3) is 5.92 Å². The molecule has 4 aliphatic rings. The molecule has 1 aliphatic carbocycles. The third kappa shape index (κ3) is 11.6. The Morgan fingerprint density at radius 3 is 1.86 bits per heavy atom. The van der Waals surface area contributed by atoms with Gasteiger partial charge in [-0.2, -0.15) is 18.7 Å². The van der Waals surface area contributed by atoms with Gasteiger partial charge in [-0.25, -0.2) is 17.6 Å². The van der Waals surface area contributed by atoms with Crippen molar-refractivity contribution in [3.8, 4) is 0 Å². The zero-order chi connectivity index (χ0) is 38.9. The third-order valence-electron chi connectivity index (χ3n) is 11.2. The average Bonchev–Trinajstić information content (AvgIpc) is 3.90.